The van der Waals surface area contributed by atoms with Crippen LogP contribution in [-0.4, -0.2) is 43.2 Å². The van der Waals surface area contributed by atoms with Crippen LogP contribution in [0, 0.1) is 5.92 Å². The lowest BCUT2D eigenvalue weighted by Crippen LogP contribution is -2.43. The van der Waals surface area contributed by atoms with Gasteiger partial charge < -0.3 is 20.3 Å². The van der Waals surface area contributed by atoms with E-state index in [-0.39, 0.29) is 11.7 Å². The molecule has 3 N–H and O–H groups in total. The second kappa shape index (κ2) is 4.78. The third-order valence-electron chi connectivity index (χ3n) is 3.60. The van der Waals surface area contributed by atoms with Crippen LogP contribution in [0.15, 0.2) is 0 Å². The van der Waals surface area contributed by atoms with Crippen LogP contribution in [0.1, 0.15) is 25.7 Å². The Bertz CT molecular complexity index is 204. The van der Waals surface area contributed by atoms with Gasteiger partial charge in [-0.3, -0.25) is 0 Å². The van der Waals surface area contributed by atoms with Gasteiger partial charge in [-0.15, -0.1) is 0 Å². The fourth-order valence-electron chi connectivity index (χ4n) is 2.66. The molecule has 0 radical (unpaired) electrons. The number of ether oxygens (including phenoxy) is 2. The van der Waals surface area contributed by atoms with E-state index in [9.17, 15) is 5.11 Å². The first-order valence-corrected chi connectivity index (χ1v) is 5.86. The molecular formula is C11H21NO3. The molecule has 0 saturated carbocycles. The Morgan fingerprint density at radius 2 is 2.33 bits per heavy atom. The molecule has 1 spiro atoms. The third-order valence-corrected chi connectivity index (χ3v) is 3.60. The maximum absolute atomic E-state index is 9.94. The summed E-state index contributed by atoms with van der Waals surface area (Å²) in [5.74, 6) is 0.337. The Labute approximate surface area is 90.7 Å². The summed E-state index contributed by atoms with van der Waals surface area (Å²) in [5.41, 5.74) is 5.37. The van der Waals surface area contributed by atoms with E-state index in [2.05, 4.69) is 0 Å². The van der Waals surface area contributed by atoms with Gasteiger partial charge in [0.2, 0.25) is 0 Å². The van der Waals surface area contributed by atoms with E-state index in [0.717, 1.165) is 32.5 Å². The van der Waals surface area contributed by atoms with Gasteiger partial charge in [-0.05, 0) is 31.7 Å². The summed E-state index contributed by atoms with van der Waals surface area (Å²) in [6.07, 6.45) is 3.27. The molecular weight excluding hydrogens is 194 g/mol. The summed E-state index contributed by atoms with van der Waals surface area (Å²) in [4.78, 5) is 0. The number of hydrogen-bond donors (Lipinski definition) is 2. The van der Waals surface area contributed by atoms with Gasteiger partial charge in [-0.2, -0.15) is 0 Å². The highest BCUT2D eigenvalue weighted by Gasteiger charge is 2.42. The Hall–Kier alpha value is -0.160. The van der Waals surface area contributed by atoms with Crippen molar-refractivity contribution in [2.24, 2.45) is 11.7 Å². The molecule has 88 valence electrons. The molecule has 2 fully saturated rings. The molecule has 2 aliphatic heterocycles. The average Bonchev–Trinajstić information content (AvgIpc) is 2.67. The molecule has 0 aromatic rings. The van der Waals surface area contributed by atoms with E-state index in [0.29, 0.717) is 25.5 Å². The van der Waals surface area contributed by atoms with Crippen LogP contribution in [0.25, 0.3) is 0 Å². The molecule has 0 aromatic carbocycles. The molecule has 0 aliphatic carbocycles. The third kappa shape index (κ3) is 2.50. The van der Waals surface area contributed by atoms with Crippen molar-refractivity contribution in [1.29, 1.82) is 0 Å². The quantitative estimate of drug-likeness (QED) is 0.710. The highest BCUT2D eigenvalue weighted by molar-refractivity contribution is 4.92. The molecule has 0 bridgehead atoms. The van der Waals surface area contributed by atoms with Crippen LogP contribution < -0.4 is 5.73 Å². The summed E-state index contributed by atoms with van der Waals surface area (Å²) in [6.45, 7) is 2.79. The lowest BCUT2D eigenvalue weighted by molar-refractivity contribution is -0.116. The summed E-state index contributed by atoms with van der Waals surface area (Å²) in [7, 11) is 0. The number of hydrogen-bond acceptors (Lipinski definition) is 4. The first kappa shape index (κ1) is 11.3. The van der Waals surface area contributed by atoms with Gasteiger partial charge in [0, 0.05) is 19.6 Å². The fraction of sp³-hybridized carbons (Fsp3) is 1.00. The standard InChI is InChI=1S/C11H21NO3/c12-4-1-10(13)9-2-5-15-11(7-9)3-6-14-8-11/h9-10,13H,1-8,12H2. The molecule has 4 heteroatoms. The Morgan fingerprint density at radius 3 is 3.00 bits per heavy atom. The van der Waals surface area contributed by atoms with Crippen molar-refractivity contribution in [1.82, 2.24) is 0 Å². The zero-order chi connectivity index (χ0) is 10.7. The molecule has 2 aliphatic rings. The number of aliphatic hydroxyl groups is 1. The summed E-state index contributed by atoms with van der Waals surface area (Å²) >= 11 is 0. The summed E-state index contributed by atoms with van der Waals surface area (Å²) in [5, 5.41) is 9.94. The van der Waals surface area contributed by atoms with Crippen molar-refractivity contribution < 1.29 is 14.6 Å². The van der Waals surface area contributed by atoms with Crippen LogP contribution in [0.2, 0.25) is 0 Å². The predicted molar refractivity (Wildman–Crippen MR) is 56.5 cm³/mol. The zero-order valence-corrected chi connectivity index (χ0v) is 9.15. The van der Waals surface area contributed by atoms with E-state index in [1.165, 1.54) is 0 Å². The average molecular weight is 215 g/mol. The zero-order valence-electron chi connectivity index (χ0n) is 9.15. The van der Waals surface area contributed by atoms with Crippen molar-refractivity contribution in [2.75, 3.05) is 26.4 Å². The topological polar surface area (TPSA) is 64.7 Å². The van der Waals surface area contributed by atoms with Crippen molar-refractivity contribution in [3.05, 3.63) is 0 Å². The molecule has 2 rings (SSSR count). The minimum atomic E-state index is -0.267. The largest absolute Gasteiger partial charge is 0.393 e. The van der Waals surface area contributed by atoms with Crippen LogP contribution in [-0.2, 0) is 9.47 Å². The predicted octanol–water partition coefficient (Wildman–Crippen LogP) is 0.282. The Morgan fingerprint density at radius 1 is 1.47 bits per heavy atom. The second-order valence-electron chi connectivity index (χ2n) is 4.73. The molecule has 0 aromatic heterocycles. The van der Waals surface area contributed by atoms with E-state index < -0.39 is 0 Å². The van der Waals surface area contributed by atoms with Crippen LogP contribution in [0.5, 0.6) is 0 Å². The molecule has 2 heterocycles. The van der Waals surface area contributed by atoms with Gasteiger partial charge in [-0.25, -0.2) is 0 Å². The van der Waals surface area contributed by atoms with E-state index in [1.54, 1.807) is 0 Å². The van der Waals surface area contributed by atoms with Crippen LogP contribution in [0.4, 0.5) is 0 Å². The van der Waals surface area contributed by atoms with Gasteiger partial charge in [0.1, 0.15) is 0 Å². The lowest BCUT2D eigenvalue weighted by atomic mass is 9.81. The van der Waals surface area contributed by atoms with Gasteiger partial charge in [0.05, 0.1) is 18.3 Å². The maximum atomic E-state index is 9.94. The molecule has 4 nitrogen and oxygen atoms in total. The summed E-state index contributed by atoms with van der Waals surface area (Å²) in [6, 6.07) is 0. The van der Waals surface area contributed by atoms with E-state index in [4.69, 9.17) is 15.2 Å². The molecule has 3 atom stereocenters. The minimum Gasteiger partial charge on any atom is -0.393 e. The highest BCUT2D eigenvalue weighted by Crippen LogP contribution is 2.37. The van der Waals surface area contributed by atoms with Crippen molar-refractivity contribution in [3.63, 3.8) is 0 Å². The molecule has 0 amide bonds. The maximum Gasteiger partial charge on any atom is 0.0940 e. The second-order valence-corrected chi connectivity index (χ2v) is 4.73. The van der Waals surface area contributed by atoms with Crippen molar-refractivity contribution in [3.8, 4) is 0 Å². The van der Waals surface area contributed by atoms with Crippen molar-refractivity contribution >= 4 is 0 Å². The van der Waals surface area contributed by atoms with Gasteiger partial charge in [-0.1, -0.05) is 0 Å². The number of rotatable bonds is 3. The number of aliphatic hydroxyl groups excluding tert-OH is 1. The highest BCUT2D eigenvalue weighted by atomic mass is 16.6. The normalized spacial score (nSPS) is 38.4. The number of nitrogens with two attached hydrogens (primary N) is 1. The fourth-order valence-corrected chi connectivity index (χ4v) is 2.66. The van der Waals surface area contributed by atoms with Crippen LogP contribution >= 0.6 is 0 Å². The van der Waals surface area contributed by atoms with Crippen molar-refractivity contribution in [2.45, 2.75) is 37.4 Å². The Balaban J connectivity index is 1.91. The monoisotopic (exact) mass is 215 g/mol. The lowest BCUT2D eigenvalue weighted by Gasteiger charge is -2.38. The van der Waals surface area contributed by atoms with Gasteiger partial charge >= 0.3 is 0 Å². The van der Waals surface area contributed by atoms with Gasteiger partial charge in [0.15, 0.2) is 0 Å². The molecule has 15 heavy (non-hydrogen) atoms. The first-order chi connectivity index (χ1) is 7.26. The molecule has 2 saturated heterocycles. The van der Waals surface area contributed by atoms with Crippen LogP contribution in [0.3, 0.4) is 0 Å². The summed E-state index contributed by atoms with van der Waals surface area (Å²) < 4.78 is 11.2. The first-order valence-electron chi connectivity index (χ1n) is 5.86. The Kier molecular flexibility index (Phi) is 3.61. The SMILES string of the molecule is NCCC(O)C1CCOC2(CCOC2)C1. The van der Waals surface area contributed by atoms with E-state index in [1.807, 2.05) is 0 Å². The minimum absolute atomic E-state index is 0.0987. The van der Waals surface area contributed by atoms with Gasteiger partial charge in [0.25, 0.3) is 0 Å². The smallest absolute Gasteiger partial charge is 0.0940 e. The molecule has 3 unspecified atom stereocenters. The van der Waals surface area contributed by atoms with E-state index >= 15 is 0 Å².